The van der Waals surface area contributed by atoms with Crippen molar-refractivity contribution in [2.45, 2.75) is 26.3 Å². The third-order valence-corrected chi connectivity index (χ3v) is 4.63. The van der Waals surface area contributed by atoms with E-state index in [0.717, 1.165) is 11.1 Å². The van der Waals surface area contributed by atoms with Crippen molar-refractivity contribution in [1.29, 1.82) is 0 Å². The summed E-state index contributed by atoms with van der Waals surface area (Å²) < 4.78 is 7.56. The van der Waals surface area contributed by atoms with Gasteiger partial charge in [-0.1, -0.05) is 23.7 Å². The Morgan fingerprint density at radius 3 is 2.77 bits per heavy atom. The van der Waals surface area contributed by atoms with Crippen molar-refractivity contribution in [3.8, 4) is 0 Å². The van der Waals surface area contributed by atoms with Gasteiger partial charge in [0.05, 0.1) is 12.3 Å². The van der Waals surface area contributed by atoms with Crippen LogP contribution in [0.2, 0.25) is 5.02 Å². The molecule has 0 bridgehead atoms. The zero-order valence-corrected chi connectivity index (χ0v) is 15.4. The molecule has 0 N–H and O–H groups in total. The normalized spacial score (nSPS) is 12.7. The summed E-state index contributed by atoms with van der Waals surface area (Å²) in [7, 11) is 1.65. The predicted octanol–water partition coefficient (Wildman–Crippen LogP) is 2.25. The maximum absolute atomic E-state index is 12.8. The molecule has 26 heavy (non-hydrogen) atoms. The van der Waals surface area contributed by atoms with Gasteiger partial charge in [0.25, 0.3) is 5.56 Å². The zero-order chi connectivity index (χ0) is 18.8. The van der Waals surface area contributed by atoms with Crippen LogP contribution in [-0.4, -0.2) is 21.7 Å². The van der Waals surface area contributed by atoms with Gasteiger partial charge in [0.15, 0.2) is 0 Å². The van der Waals surface area contributed by atoms with Crippen LogP contribution in [0.3, 0.4) is 0 Å². The van der Waals surface area contributed by atoms with E-state index >= 15 is 0 Å². The van der Waals surface area contributed by atoms with Crippen LogP contribution in [0.15, 0.2) is 33.9 Å². The highest BCUT2D eigenvalue weighted by Crippen LogP contribution is 2.30. The van der Waals surface area contributed by atoms with E-state index in [9.17, 15) is 14.4 Å². The number of carbonyl (C=O) groups excluding carboxylic acids is 1. The fourth-order valence-corrected chi connectivity index (χ4v) is 3.30. The number of fused-ring (bicyclic) bond motifs is 1. The van der Waals surface area contributed by atoms with E-state index in [1.54, 1.807) is 13.1 Å². The second-order valence-corrected chi connectivity index (χ2v) is 6.65. The lowest BCUT2D eigenvalue weighted by Gasteiger charge is -2.11. The predicted molar refractivity (Wildman–Crippen MR) is 100 cm³/mol. The highest BCUT2D eigenvalue weighted by Gasteiger charge is 2.23. The van der Waals surface area contributed by atoms with Gasteiger partial charge in [0.2, 0.25) is 0 Å². The molecule has 0 aliphatic heterocycles. The fourth-order valence-electron chi connectivity index (χ4n) is 3.11. The average Bonchev–Trinajstić information content (AvgIpc) is 3.05. The smallest absolute Gasteiger partial charge is 0.331 e. The van der Waals surface area contributed by atoms with E-state index < -0.39 is 0 Å². The molecule has 0 saturated carbocycles. The van der Waals surface area contributed by atoms with Gasteiger partial charge in [0, 0.05) is 37.5 Å². The molecule has 0 amide bonds. The van der Waals surface area contributed by atoms with E-state index in [4.69, 9.17) is 16.3 Å². The first-order valence-electron chi connectivity index (χ1n) is 8.31. The van der Waals surface area contributed by atoms with Crippen LogP contribution in [0.1, 0.15) is 30.2 Å². The van der Waals surface area contributed by atoms with E-state index in [1.807, 2.05) is 24.3 Å². The molecule has 1 aliphatic rings. The number of hydrogen-bond donors (Lipinski definition) is 0. The van der Waals surface area contributed by atoms with Gasteiger partial charge in [0.1, 0.15) is 0 Å². The maximum Gasteiger partial charge on any atom is 0.331 e. The van der Waals surface area contributed by atoms with Gasteiger partial charge in [-0.25, -0.2) is 4.79 Å². The van der Waals surface area contributed by atoms with E-state index in [2.05, 4.69) is 0 Å². The number of carbonyl (C=O) groups is 1. The zero-order valence-electron chi connectivity index (χ0n) is 14.6. The minimum Gasteiger partial charge on any atom is -0.466 e. The molecule has 2 aromatic rings. The van der Waals surface area contributed by atoms with Crippen LogP contribution in [0, 0.1) is 0 Å². The van der Waals surface area contributed by atoms with Crippen molar-refractivity contribution < 1.29 is 9.53 Å². The molecule has 0 saturated heterocycles. The Morgan fingerprint density at radius 1 is 1.31 bits per heavy atom. The van der Waals surface area contributed by atoms with Gasteiger partial charge in [-0.15, -0.1) is 0 Å². The summed E-state index contributed by atoms with van der Waals surface area (Å²) in [5.74, 6) is -0.380. The van der Waals surface area contributed by atoms with Crippen LogP contribution in [0.5, 0.6) is 0 Å². The maximum atomic E-state index is 12.8. The minimum atomic E-state index is -0.380. The SMILES string of the molecule is CC(=O)OCCCn1c(=O)c2c(n(C)c1=O)C=C(c1cccc(Cl)c1)C2. The van der Waals surface area contributed by atoms with Crippen molar-refractivity contribution in [3.63, 3.8) is 0 Å². The van der Waals surface area contributed by atoms with Crippen LogP contribution >= 0.6 is 11.6 Å². The highest BCUT2D eigenvalue weighted by molar-refractivity contribution is 6.30. The molecule has 0 fully saturated rings. The Kier molecular flexibility index (Phi) is 5.13. The van der Waals surface area contributed by atoms with Crippen molar-refractivity contribution in [1.82, 2.24) is 9.13 Å². The molecular weight excluding hydrogens is 356 g/mol. The first kappa shape index (κ1) is 18.2. The Hall–Kier alpha value is -2.60. The summed E-state index contributed by atoms with van der Waals surface area (Å²) in [6.07, 6.45) is 2.72. The number of rotatable bonds is 5. The Bertz CT molecular complexity index is 1020. The molecule has 1 aromatic carbocycles. The molecule has 136 valence electrons. The quantitative estimate of drug-likeness (QED) is 0.594. The second kappa shape index (κ2) is 7.33. The van der Waals surface area contributed by atoms with Gasteiger partial charge in [-0.05, 0) is 35.8 Å². The van der Waals surface area contributed by atoms with E-state index in [-0.39, 0.29) is 30.4 Å². The van der Waals surface area contributed by atoms with Gasteiger partial charge < -0.3 is 4.74 Å². The monoisotopic (exact) mass is 374 g/mol. The van der Waals surface area contributed by atoms with Crippen molar-refractivity contribution in [2.24, 2.45) is 7.05 Å². The largest absolute Gasteiger partial charge is 0.466 e. The van der Waals surface area contributed by atoms with Crippen LogP contribution in [0.4, 0.5) is 0 Å². The Labute approximate surface area is 155 Å². The number of allylic oxidation sites excluding steroid dienone is 1. The lowest BCUT2D eigenvalue weighted by Crippen LogP contribution is -2.41. The first-order chi connectivity index (χ1) is 12.4. The summed E-state index contributed by atoms with van der Waals surface area (Å²) in [6.45, 7) is 1.70. The van der Waals surface area contributed by atoms with Crippen molar-refractivity contribution in [3.05, 3.63) is 66.9 Å². The molecule has 0 spiro atoms. The number of aromatic nitrogens is 2. The van der Waals surface area contributed by atoms with E-state index in [0.29, 0.717) is 29.1 Å². The Morgan fingerprint density at radius 2 is 2.08 bits per heavy atom. The summed E-state index contributed by atoms with van der Waals surface area (Å²) in [5, 5.41) is 0.621. The van der Waals surface area contributed by atoms with Crippen LogP contribution in [-0.2, 0) is 29.5 Å². The lowest BCUT2D eigenvalue weighted by molar-refractivity contribution is -0.141. The van der Waals surface area contributed by atoms with Crippen molar-refractivity contribution >= 4 is 29.2 Å². The number of hydrogen-bond acceptors (Lipinski definition) is 4. The standard InChI is InChI=1S/C19H19ClN2O4/c1-12(23)26-8-4-7-22-18(24)16-10-14(11-17(16)21(2)19(22)25)13-5-3-6-15(20)9-13/h3,5-6,9,11H,4,7-8,10H2,1-2H3. The summed E-state index contributed by atoms with van der Waals surface area (Å²) in [6, 6.07) is 7.42. The molecule has 7 heteroatoms. The Balaban J connectivity index is 1.91. The number of benzene rings is 1. The number of halogens is 1. The molecule has 0 unspecified atom stereocenters. The molecule has 0 radical (unpaired) electrons. The number of nitrogens with zero attached hydrogens (tertiary/aromatic N) is 2. The number of ether oxygens (including phenoxy) is 1. The fraction of sp³-hybridized carbons (Fsp3) is 0.316. The third kappa shape index (κ3) is 3.51. The van der Waals surface area contributed by atoms with E-state index in [1.165, 1.54) is 16.1 Å². The summed E-state index contributed by atoms with van der Waals surface area (Å²) in [4.78, 5) is 36.1. The average molecular weight is 375 g/mol. The first-order valence-corrected chi connectivity index (χ1v) is 8.69. The summed E-state index contributed by atoms with van der Waals surface area (Å²) in [5.41, 5.74) is 2.44. The topological polar surface area (TPSA) is 70.3 Å². The molecular formula is C19H19ClN2O4. The lowest BCUT2D eigenvalue weighted by atomic mass is 10.0. The molecule has 1 heterocycles. The van der Waals surface area contributed by atoms with Gasteiger partial charge in [-0.2, -0.15) is 0 Å². The molecule has 1 aliphatic carbocycles. The summed E-state index contributed by atoms with van der Waals surface area (Å²) >= 11 is 6.06. The van der Waals surface area contributed by atoms with Crippen LogP contribution < -0.4 is 11.2 Å². The number of esters is 1. The molecule has 3 rings (SSSR count). The minimum absolute atomic E-state index is 0.175. The van der Waals surface area contributed by atoms with Gasteiger partial charge in [-0.3, -0.25) is 18.7 Å². The molecule has 1 aromatic heterocycles. The second-order valence-electron chi connectivity index (χ2n) is 6.21. The third-order valence-electron chi connectivity index (χ3n) is 4.40. The highest BCUT2D eigenvalue weighted by atomic mass is 35.5. The van der Waals surface area contributed by atoms with Crippen molar-refractivity contribution in [2.75, 3.05) is 6.61 Å². The van der Waals surface area contributed by atoms with Crippen LogP contribution in [0.25, 0.3) is 11.6 Å². The molecule has 6 nitrogen and oxygen atoms in total. The molecule has 0 atom stereocenters. The van der Waals surface area contributed by atoms with Gasteiger partial charge >= 0.3 is 11.7 Å².